The van der Waals surface area contributed by atoms with Gasteiger partial charge in [-0.05, 0) is 48.4 Å². The van der Waals surface area contributed by atoms with Gasteiger partial charge in [0.1, 0.15) is 50.8 Å². The highest BCUT2D eigenvalue weighted by atomic mass is 16.5. The van der Waals surface area contributed by atoms with E-state index >= 15 is 0 Å². The molecule has 1 fully saturated rings. The largest absolute Gasteiger partial charge is 0.497 e. The molecule has 2 aromatic rings. The number of hydrogen-bond donors (Lipinski definition) is 3. The first-order valence-electron chi connectivity index (χ1n) is 10.5. The highest BCUT2D eigenvalue weighted by Crippen LogP contribution is 2.16. The van der Waals surface area contributed by atoms with Gasteiger partial charge in [0.15, 0.2) is 6.54 Å². The van der Waals surface area contributed by atoms with E-state index in [4.69, 9.17) is 9.47 Å². The van der Waals surface area contributed by atoms with Crippen molar-refractivity contribution in [1.82, 2.24) is 0 Å². The summed E-state index contributed by atoms with van der Waals surface area (Å²) in [6.07, 6.45) is 1.01. The van der Waals surface area contributed by atoms with Crippen LogP contribution in [0.25, 0.3) is 0 Å². The fourth-order valence-electron chi connectivity index (χ4n) is 3.63. The smallest absolute Gasteiger partial charge is 0.279 e. The van der Waals surface area contributed by atoms with Gasteiger partial charge in [-0.1, -0.05) is 19.1 Å². The van der Waals surface area contributed by atoms with Gasteiger partial charge in [-0.15, -0.1) is 0 Å². The minimum atomic E-state index is 0.0931. The summed E-state index contributed by atoms with van der Waals surface area (Å²) in [6.45, 7) is 8.51. The number of quaternary nitrogens is 2. The van der Waals surface area contributed by atoms with E-state index in [2.05, 4.69) is 24.4 Å². The van der Waals surface area contributed by atoms with Crippen LogP contribution in [0.2, 0.25) is 0 Å². The summed E-state index contributed by atoms with van der Waals surface area (Å²) in [4.78, 5) is 15.2. The standard InChI is InChI=1S/C23H31N3O3/c1-3-19-4-6-20(7-5-19)24-23(27)18-26-14-12-25(13-15-26)16-17-29-22-10-8-21(28-2)9-11-22/h4-11H,3,12-18H2,1-2H3,(H,24,27)/p+2. The third kappa shape index (κ3) is 6.76. The molecule has 1 aliphatic heterocycles. The van der Waals surface area contributed by atoms with E-state index in [0.717, 1.165) is 56.3 Å². The molecular formula is C23H33N3O3+2. The molecule has 0 bridgehead atoms. The van der Waals surface area contributed by atoms with Gasteiger partial charge in [0, 0.05) is 5.69 Å². The van der Waals surface area contributed by atoms with Gasteiger partial charge in [0.05, 0.1) is 7.11 Å². The second-order valence-corrected chi connectivity index (χ2v) is 7.55. The lowest BCUT2D eigenvalue weighted by Crippen LogP contribution is -3.28. The number of amides is 1. The van der Waals surface area contributed by atoms with Crippen molar-refractivity contribution in [1.29, 1.82) is 0 Å². The zero-order valence-corrected chi connectivity index (χ0v) is 17.5. The molecule has 2 aromatic carbocycles. The van der Waals surface area contributed by atoms with Crippen LogP contribution in [-0.2, 0) is 11.2 Å². The Morgan fingerprint density at radius 3 is 2.17 bits per heavy atom. The van der Waals surface area contributed by atoms with E-state index in [1.54, 1.807) is 7.11 Å². The average Bonchev–Trinajstić information content (AvgIpc) is 2.76. The Labute approximate surface area is 173 Å². The normalized spacial score (nSPS) is 18.8. The van der Waals surface area contributed by atoms with Crippen LogP contribution < -0.4 is 24.6 Å². The first kappa shape index (κ1) is 21.1. The van der Waals surface area contributed by atoms with E-state index in [1.165, 1.54) is 15.4 Å². The van der Waals surface area contributed by atoms with Crippen LogP contribution in [0.1, 0.15) is 12.5 Å². The maximum atomic E-state index is 12.3. The number of ether oxygens (including phenoxy) is 2. The zero-order chi connectivity index (χ0) is 20.5. The first-order valence-corrected chi connectivity index (χ1v) is 10.5. The fourth-order valence-corrected chi connectivity index (χ4v) is 3.63. The lowest BCUT2D eigenvalue weighted by Gasteiger charge is -2.29. The lowest BCUT2D eigenvalue weighted by atomic mass is 10.1. The molecule has 0 spiro atoms. The summed E-state index contributed by atoms with van der Waals surface area (Å²) in [5.41, 5.74) is 2.16. The van der Waals surface area contributed by atoms with Crippen LogP contribution in [0.3, 0.4) is 0 Å². The van der Waals surface area contributed by atoms with Crippen molar-refractivity contribution in [2.24, 2.45) is 0 Å². The Bertz CT molecular complexity index is 754. The predicted octanol–water partition coefficient (Wildman–Crippen LogP) is 0.0585. The van der Waals surface area contributed by atoms with Gasteiger partial charge in [-0.25, -0.2) is 0 Å². The SMILES string of the molecule is CCc1ccc(NC(=O)C[NH+]2CC[NH+](CCOc3ccc(OC)cc3)CC2)cc1. The maximum absolute atomic E-state index is 12.3. The molecule has 1 saturated heterocycles. The second-order valence-electron chi connectivity index (χ2n) is 7.55. The molecule has 1 aliphatic rings. The summed E-state index contributed by atoms with van der Waals surface area (Å²) in [5, 5.41) is 3.02. The van der Waals surface area contributed by atoms with E-state index in [9.17, 15) is 4.79 Å². The molecular weight excluding hydrogens is 366 g/mol. The van der Waals surface area contributed by atoms with Gasteiger partial charge >= 0.3 is 0 Å². The number of piperazine rings is 1. The van der Waals surface area contributed by atoms with Crippen molar-refractivity contribution in [2.45, 2.75) is 13.3 Å². The van der Waals surface area contributed by atoms with Crippen LogP contribution in [0.4, 0.5) is 5.69 Å². The number of rotatable bonds is 9. The lowest BCUT2D eigenvalue weighted by molar-refractivity contribution is -1.01. The van der Waals surface area contributed by atoms with Crippen LogP contribution in [0.15, 0.2) is 48.5 Å². The Hall–Kier alpha value is -2.57. The van der Waals surface area contributed by atoms with E-state index in [-0.39, 0.29) is 5.91 Å². The number of carbonyl (C=O) groups excluding carboxylic acids is 1. The summed E-state index contributed by atoms with van der Waals surface area (Å²) in [7, 11) is 1.66. The van der Waals surface area contributed by atoms with Crippen LogP contribution in [-0.4, -0.2) is 58.9 Å². The van der Waals surface area contributed by atoms with Crippen molar-refractivity contribution < 1.29 is 24.1 Å². The highest BCUT2D eigenvalue weighted by Gasteiger charge is 2.24. The Morgan fingerprint density at radius 2 is 1.55 bits per heavy atom. The minimum Gasteiger partial charge on any atom is -0.497 e. The second kappa shape index (κ2) is 10.8. The number of benzene rings is 2. The average molecular weight is 400 g/mol. The number of anilines is 1. The molecule has 0 unspecified atom stereocenters. The first-order chi connectivity index (χ1) is 14.2. The van der Waals surface area contributed by atoms with Crippen LogP contribution >= 0.6 is 0 Å². The van der Waals surface area contributed by atoms with Gasteiger partial charge in [0.25, 0.3) is 5.91 Å². The quantitative estimate of drug-likeness (QED) is 0.559. The van der Waals surface area contributed by atoms with Crippen molar-refractivity contribution in [3.05, 3.63) is 54.1 Å². The highest BCUT2D eigenvalue weighted by molar-refractivity contribution is 5.91. The number of hydrogen-bond acceptors (Lipinski definition) is 3. The summed E-state index contributed by atoms with van der Waals surface area (Å²) in [5.74, 6) is 1.80. The maximum Gasteiger partial charge on any atom is 0.279 e. The topological polar surface area (TPSA) is 56.4 Å². The van der Waals surface area contributed by atoms with Gasteiger partial charge in [0.2, 0.25) is 0 Å². The van der Waals surface area contributed by atoms with Crippen molar-refractivity contribution in [3.8, 4) is 11.5 Å². The fraction of sp³-hybridized carbons (Fsp3) is 0.435. The van der Waals surface area contributed by atoms with Crippen molar-refractivity contribution >= 4 is 11.6 Å². The van der Waals surface area contributed by atoms with E-state index in [1.807, 2.05) is 36.4 Å². The van der Waals surface area contributed by atoms with E-state index in [0.29, 0.717) is 13.2 Å². The molecule has 3 N–H and O–H groups in total. The summed E-state index contributed by atoms with van der Waals surface area (Å²) < 4.78 is 11.0. The molecule has 156 valence electrons. The van der Waals surface area contributed by atoms with Crippen LogP contribution in [0.5, 0.6) is 11.5 Å². The molecule has 0 atom stereocenters. The van der Waals surface area contributed by atoms with Crippen molar-refractivity contribution in [2.75, 3.05) is 58.3 Å². The van der Waals surface area contributed by atoms with Crippen LogP contribution in [0, 0.1) is 0 Å². The molecule has 3 rings (SSSR count). The predicted molar refractivity (Wildman–Crippen MR) is 114 cm³/mol. The molecule has 1 heterocycles. The minimum absolute atomic E-state index is 0.0931. The number of carbonyl (C=O) groups is 1. The Kier molecular flexibility index (Phi) is 7.90. The van der Waals surface area contributed by atoms with Gasteiger partial charge < -0.3 is 24.6 Å². The molecule has 0 aromatic heterocycles. The number of aryl methyl sites for hydroxylation is 1. The third-order valence-corrected chi connectivity index (χ3v) is 5.50. The van der Waals surface area contributed by atoms with Gasteiger partial charge in [-0.3, -0.25) is 4.79 Å². The monoisotopic (exact) mass is 399 g/mol. The summed E-state index contributed by atoms with van der Waals surface area (Å²) >= 11 is 0. The molecule has 0 aliphatic carbocycles. The Balaban J connectivity index is 1.32. The van der Waals surface area contributed by atoms with Crippen molar-refractivity contribution in [3.63, 3.8) is 0 Å². The molecule has 29 heavy (non-hydrogen) atoms. The molecule has 6 heteroatoms. The zero-order valence-electron chi connectivity index (χ0n) is 17.5. The number of nitrogens with one attached hydrogen (secondary N) is 3. The Morgan fingerprint density at radius 1 is 0.931 bits per heavy atom. The molecule has 0 radical (unpaired) electrons. The van der Waals surface area contributed by atoms with E-state index < -0.39 is 0 Å². The molecule has 0 saturated carbocycles. The summed E-state index contributed by atoms with van der Waals surface area (Å²) in [6, 6.07) is 15.8. The number of methoxy groups -OCH3 is 1. The third-order valence-electron chi connectivity index (χ3n) is 5.50. The molecule has 1 amide bonds. The van der Waals surface area contributed by atoms with Gasteiger partial charge in [-0.2, -0.15) is 0 Å². The molecule has 6 nitrogen and oxygen atoms in total.